The van der Waals surface area contributed by atoms with E-state index in [0.29, 0.717) is 5.41 Å². The number of hydrogen-bond donors (Lipinski definition) is 3. The van der Waals surface area contributed by atoms with Crippen LogP contribution in [0.3, 0.4) is 0 Å². The third kappa shape index (κ3) is 5.09. The lowest BCUT2D eigenvalue weighted by molar-refractivity contribution is -0.140. The zero-order valence-corrected chi connectivity index (χ0v) is 12.3. The molecule has 19 heavy (non-hydrogen) atoms. The van der Waals surface area contributed by atoms with E-state index >= 15 is 0 Å². The highest BCUT2D eigenvalue weighted by molar-refractivity contribution is 5.82. The van der Waals surface area contributed by atoms with Gasteiger partial charge in [-0.05, 0) is 37.0 Å². The number of hydrogen-bond acceptors (Lipinski definition) is 2. The molecule has 1 unspecified atom stereocenters. The van der Waals surface area contributed by atoms with E-state index < -0.39 is 12.0 Å². The topological polar surface area (TPSA) is 78.4 Å². The van der Waals surface area contributed by atoms with E-state index in [4.69, 9.17) is 5.11 Å². The predicted molar refractivity (Wildman–Crippen MR) is 74.0 cm³/mol. The number of carbonyl (C=O) groups excluding carboxylic acids is 1. The van der Waals surface area contributed by atoms with Crippen molar-refractivity contribution in [1.82, 2.24) is 10.6 Å². The molecule has 0 spiro atoms. The second-order valence-electron chi connectivity index (χ2n) is 6.62. The Morgan fingerprint density at radius 3 is 2.16 bits per heavy atom. The van der Waals surface area contributed by atoms with Crippen molar-refractivity contribution in [1.29, 1.82) is 0 Å². The predicted octanol–water partition coefficient (Wildman–Crippen LogP) is 2.36. The Morgan fingerprint density at radius 2 is 1.74 bits per heavy atom. The van der Waals surface area contributed by atoms with Crippen LogP contribution in [0, 0.1) is 11.3 Å². The highest BCUT2D eigenvalue weighted by Crippen LogP contribution is 2.34. The van der Waals surface area contributed by atoms with Crippen LogP contribution in [-0.2, 0) is 4.79 Å². The van der Waals surface area contributed by atoms with Gasteiger partial charge in [0.25, 0.3) is 0 Å². The van der Waals surface area contributed by atoms with Crippen molar-refractivity contribution in [3.05, 3.63) is 0 Å². The standard InChI is InChI=1S/C14H26N2O3/c1-9(2)11(12(17)18)16-13(19)15-10-5-7-14(3,4)8-6-10/h9-11H,5-8H2,1-4H3,(H,17,18)(H2,15,16,19). The summed E-state index contributed by atoms with van der Waals surface area (Å²) < 4.78 is 0. The first-order valence-electron chi connectivity index (χ1n) is 7.01. The van der Waals surface area contributed by atoms with Gasteiger partial charge in [-0.2, -0.15) is 0 Å². The minimum absolute atomic E-state index is 0.131. The monoisotopic (exact) mass is 270 g/mol. The normalized spacial score (nSPS) is 20.9. The van der Waals surface area contributed by atoms with Crippen molar-refractivity contribution < 1.29 is 14.7 Å². The molecule has 1 atom stereocenters. The fourth-order valence-electron chi connectivity index (χ4n) is 2.43. The van der Waals surface area contributed by atoms with Crippen LogP contribution in [0.25, 0.3) is 0 Å². The van der Waals surface area contributed by atoms with E-state index in [9.17, 15) is 9.59 Å². The van der Waals surface area contributed by atoms with Gasteiger partial charge in [-0.25, -0.2) is 9.59 Å². The average Bonchev–Trinajstić information content (AvgIpc) is 2.28. The fourth-order valence-corrected chi connectivity index (χ4v) is 2.43. The Hall–Kier alpha value is -1.26. The SMILES string of the molecule is CC(C)C(NC(=O)NC1CCC(C)(C)CC1)C(=O)O. The van der Waals surface area contributed by atoms with Gasteiger partial charge >= 0.3 is 12.0 Å². The van der Waals surface area contributed by atoms with Gasteiger partial charge in [-0.15, -0.1) is 0 Å². The molecule has 1 aliphatic carbocycles. The molecule has 1 aliphatic rings. The number of nitrogens with one attached hydrogen (secondary N) is 2. The lowest BCUT2D eigenvalue weighted by Gasteiger charge is -2.34. The molecular formula is C14H26N2O3. The van der Waals surface area contributed by atoms with Crippen LogP contribution >= 0.6 is 0 Å². The largest absolute Gasteiger partial charge is 0.480 e. The van der Waals surface area contributed by atoms with Crippen LogP contribution < -0.4 is 10.6 Å². The molecule has 0 aromatic rings. The molecule has 0 aromatic carbocycles. The van der Waals surface area contributed by atoms with Crippen molar-refractivity contribution in [2.45, 2.75) is 65.5 Å². The first-order chi connectivity index (χ1) is 8.71. The number of urea groups is 1. The number of aliphatic carboxylic acids is 1. The van der Waals surface area contributed by atoms with Crippen LogP contribution in [-0.4, -0.2) is 29.2 Å². The Morgan fingerprint density at radius 1 is 1.21 bits per heavy atom. The van der Waals surface area contributed by atoms with Gasteiger partial charge in [0.15, 0.2) is 0 Å². The smallest absolute Gasteiger partial charge is 0.326 e. The molecule has 0 bridgehead atoms. The zero-order chi connectivity index (χ0) is 14.6. The Bertz CT molecular complexity index is 330. The van der Waals surface area contributed by atoms with E-state index in [1.54, 1.807) is 13.8 Å². The third-order valence-corrected chi connectivity index (χ3v) is 3.89. The van der Waals surface area contributed by atoms with Crippen molar-refractivity contribution in [2.75, 3.05) is 0 Å². The molecule has 5 heteroatoms. The number of rotatable bonds is 4. The minimum atomic E-state index is -0.991. The van der Waals surface area contributed by atoms with Crippen LogP contribution in [0.4, 0.5) is 4.79 Å². The van der Waals surface area contributed by atoms with E-state index in [1.165, 1.54) is 0 Å². The van der Waals surface area contributed by atoms with Crippen molar-refractivity contribution in [3.8, 4) is 0 Å². The van der Waals surface area contributed by atoms with Gasteiger partial charge < -0.3 is 15.7 Å². The molecule has 0 aromatic heterocycles. The fraction of sp³-hybridized carbons (Fsp3) is 0.857. The van der Waals surface area contributed by atoms with Crippen LogP contribution in [0.15, 0.2) is 0 Å². The van der Waals surface area contributed by atoms with Gasteiger partial charge in [-0.3, -0.25) is 0 Å². The Kier molecular flexibility index (Phi) is 5.20. The van der Waals surface area contributed by atoms with E-state index in [0.717, 1.165) is 25.7 Å². The van der Waals surface area contributed by atoms with Gasteiger partial charge in [0.05, 0.1) is 0 Å². The second kappa shape index (κ2) is 6.26. The maximum atomic E-state index is 11.8. The molecule has 1 saturated carbocycles. The highest BCUT2D eigenvalue weighted by atomic mass is 16.4. The van der Waals surface area contributed by atoms with E-state index in [-0.39, 0.29) is 18.0 Å². The molecule has 1 fully saturated rings. The average molecular weight is 270 g/mol. The number of carboxylic acids is 1. The molecule has 0 aliphatic heterocycles. The number of carbonyl (C=O) groups is 2. The van der Waals surface area contributed by atoms with E-state index in [2.05, 4.69) is 24.5 Å². The molecule has 5 nitrogen and oxygen atoms in total. The van der Waals surface area contributed by atoms with Crippen LogP contribution in [0.1, 0.15) is 53.4 Å². The Balaban J connectivity index is 2.41. The number of carboxylic acid groups (broad SMARTS) is 1. The maximum Gasteiger partial charge on any atom is 0.326 e. The number of amides is 2. The highest BCUT2D eigenvalue weighted by Gasteiger charge is 2.29. The minimum Gasteiger partial charge on any atom is -0.480 e. The summed E-state index contributed by atoms with van der Waals surface area (Å²) in [5.74, 6) is -1.12. The molecule has 3 N–H and O–H groups in total. The first-order valence-corrected chi connectivity index (χ1v) is 7.01. The lowest BCUT2D eigenvalue weighted by Crippen LogP contribution is -2.51. The van der Waals surface area contributed by atoms with Gasteiger partial charge in [-0.1, -0.05) is 27.7 Å². The first kappa shape index (κ1) is 15.8. The summed E-state index contributed by atoms with van der Waals surface area (Å²) in [4.78, 5) is 22.8. The van der Waals surface area contributed by atoms with Crippen molar-refractivity contribution in [3.63, 3.8) is 0 Å². The van der Waals surface area contributed by atoms with Crippen molar-refractivity contribution in [2.24, 2.45) is 11.3 Å². The summed E-state index contributed by atoms with van der Waals surface area (Å²) in [5, 5.41) is 14.4. The van der Waals surface area contributed by atoms with Gasteiger partial charge in [0.2, 0.25) is 0 Å². The summed E-state index contributed by atoms with van der Waals surface area (Å²) in [6.07, 6.45) is 4.09. The molecule has 0 heterocycles. The third-order valence-electron chi connectivity index (χ3n) is 3.89. The summed E-state index contributed by atoms with van der Waals surface area (Å²) in [6, 6.07) is -1.04. The van der Waals surface area contributed by atoms with Crippen LogP contribution in [0.2, 0.25) is 0 Å². The zero-order valence-electron chi connectivity index (χ0n) is 12.3. The van der Waals surface area contributed by atoms with Gasteiger partial charge in [0.1, 0.15) is 6.04 Å². The van der Waals surface area contributed by atoms with Crippen LogP contribution in [0.5, 0.6) is 0 Å². The quantitative estimate of drug-likeness (QED) is 0.733. The summed E-state index contributed by atoms with van der Waals surface area (Å²) in [6.45, 7) is 8.04. The summed E-state index contributed by atoms with van der Waals surface area (Å²) >= 11 is 0. The molecule has 0 saturated heterocycles. The lowest BCUT2D eigenvalue weighted by atomic mass is 9.76. The van der Waals surface area contributed by atoms with Gasteiger partial charge in [0, 0.05) is 6.04 Å². The molecular weight excluding hydrogens is 244 g/mol. The summed E-state index contributed by atoms with van der Waals surface area (Å²) in [5.41, 5.74) is 0.357. The summed E-state index contributed by atoms with van der Waals surface area (Å²) in [7, 11) is 0. The maximum absolute atomic E-state index is 11.8. The van der Waals surface area contributed by atoms with E-state index in [1.807, 2.05) is 0 Å². The Labute approximate surface area is 115 Å². The molecule has 0 radical (unpaired) electrons. The molecule has 110 valence electrons. The van der Waals surface area contributed by atoms with Crippen molar-refractivity contribution >= 4 is 12.0 Å². The molecule has 2 amide bonds. The molecule has 1 rings (SSSR count). The second-order valence-corrected chi connectivity index (χ2v) is 6.62.